The molecule has 0 radical (unpaired) electrons. The number of carboxylic acid groups (broad SMARTS) is 1. The van der Waals surface area contributed by atoms with Crippen molar-refractivity contribution in [3.8, 4) is 17.3 Å². The molecule has 5 nitrogen and oxygen atoms in total. The third-order valence-corrected chi connectivity index (χ3v) is 3.83. The Morgan fingerprint density at radius 3 is 2.64 bits per heavy atom. The van der Waals surface area contributed by atoms with Gasteiger partial charge in [0.05, 0.1) is 5.69 Å². The first kappa shape index (κ1) is 14.8. The Hall–Kier alpha value is -2.14. The quantitative estimate of drug-likeness (QED) is 0.937. The molecule has 0 saturated carbocycles. The highest BCUT2D eigenvalue weighted by Crippen LogP contribution is 2.30. The molecule has 0 atom stereocenters. The molecule has 114 valence electrons. The Morgan fingerprint density at radius 2 is 1.91 bits per heavy atom. The zero-order valence-electron chi connectivity index (χ0n) is 11.9. The molecule has 0 spiro atoms. The summed E-state index contributed by atoms with van der Waals surface area (Å²) in [5.74, 6) is -0.0917. The van der Waals surface area contributed by atoms with Crippen LogP contribution in [0.3, 0.4) is 0 Å². The molecular formula is C16H15ClN2O3. The average molecular weight is 319 g/mol. The summed E-state index contributed by atoms with van der Waals surface area (Å²) in [5.41, 5.74) is 2.72. The number of hydrogen-bond acceptors (Lipinski definition) is 4. The van der Waals surface area contributed by atoms with Gasteiger partial charge < -0.3 is 9.84 Å². The zero-order valence-corrected chi connectivity index (χ0v) is 12.6. The molecule has 2 aromatic rings. The number of ether oxygens (including phenoxy) is 1. The van der Waals surface area contributed by atoms with Gasteiger partial charge in [-0.1, -0.05) is 11.6 Å². The van der Waals surface area contributed by atoms with Crippen molar-refractivity contribution >= 4 is 17.6 Å². The lowest BCUT2D eigenvalue weighted by Gasteiger charge is -2.18. The van der Waals surface area contributed by atoms with Gasteiger partial charge in [-0.2, -0.15) is 4.98 Å². The molecule has 22 heavy (non-hydrogen) atoms. The number of carbonyl (C=O) groups is 1. The summed E-state index contributed by atoms with van der Waals surface area (Å²) in [6.45, 7) is -0.399. The molecule has 0 amide bonds. The van der Waals surface area contributed by atoms with Crippen LogP contribution in [0.2, 0.25) is 5.02 Å². The molecule has 3 rings (SSSR count). The molecule has 1 aliphatic carbocycles. The molecule has 6 heteroatoms. The Labute approximate surface area is 132 Å². The maximum Gasteiger partial charge on any atom is 0.341 e. The van der Waals surface area contributed by atoms with Crippen molar-refractivity contribution in [1.82, 2.24) is 9.97 Å². The molecule has 1 aromatic heterocycles. The van der Waals surface area contributed by atoms with E-state index in [1.165, 1.54) is 0 Å². The Balaban J connectivity index is 2.01. The van der Waals surface area contributed by atoms with Gasteiger partial charge in [0, 0.05) is 16.1 Å². The molecule has 0 bridgehead atoms. The second kappa shape index (κ2) is 6.32. The lowest BCUT2D eigenvalue weighted by atomic mass is 9.96. The van der Waals surface area contributed by atoms with Crippen LogP contribution in [0, 0.1) is 0 Å². The largest absolute Gasteiger partial charge is 0.479 e. The first-order chi connectivity index (χ1) is 10.6. The molecule has 1 aliphatic rings. The predicted molar refractivity (Wildman–Crippen MR) is 82.3 cm³/mol. The van der Waals surface area contributed by atoms with Crippen molar-refractivity contribution < 1.29 is 14.6 Å². The van der Waals surface area contributed by atoms with Crippen molar-refractivity contribution in [1.29, 1.82) is 0 Å². The Morgan fingerprint density at radius 1 is 1.18 bits per heavy atom. The van der Waals surface area contributed by atoms with Gasteiger partial charge in [0.25, 0.3) is 0 Å². The lowest BCUT2D eigenvalue weighted by Crippen LogP contribution is -2.15. The monoisotopic (exact) mass is 318 g/mol. The van der Waals surface area contributed by atoms with Gasteiger partial charge in [-0.25, -0.2) is 9.78 Å². The fraction of sp³-hybridized carbons (Fsp3) is 0.312. The van der Waals surface area contributed by atoms with Crippen LogP contribution in [0.25, 0.3) is 11.4 Å². The topological polar surface area (TPSA) is 72.3 Å². The maximum atomic E-state index is 10.8. The van der Waals surface area contributed by atoms with Crippen molar-refractivity contribution in [2.75, 3.05) is 6.61 Å². The van der Waals surface area contributed by atoms with Crippen LogP contribution in [0.5, 0.6) is 5.88 Å². The minimum Gasteiger partial charge on any atom is -0.479 e. The van der Waals surface area contributed by atoms with Gasteiger partial charge >= 0.3 is 5.97 Å². The minimum atomic E-state index is -1.02. The van der Waals surface area contributed by atoms with Gasteiger partial charge in [-0.15, -0.1) is 0 Å². The number of halogens is 1. The number of nitrogens with zero attached hydrogens (tertiary/aromatic N) is 2. The highest BCUT2D eigenvalue weighted by atomic mass is 35.5. The van der Waals surface area contributed by atoms with E-state index in [0.717, 1.165) is 42.5 Å². The molecule has 0 fully saturated rings. The average Bonchev–Trinajstić information content (AvgIpc) is 2.53. The first-order valence-electron chi connectivity index (χ1n) is 7.14. The maximum absolute atomic E-state index is 10.8. The van der Waals surface area contributed by atoms with E-state index in [0.29, 0.717) is 16.7 Å². The van der Waals surface area contributed by atoms with E-state index in [2.05, 4.69) is 9.97 Å². The number of aryl methyl sites for hydroxylation is 1. The van der Waals surface area contributed by atoms with Gasteiger partial charge in [0.2, 0.25) is 5.88 Å². The minimum absolute atomic E-state index is 0.386. The zero-order chi connectivity index (χ0) is 15.5. The van der Waals surface area contributed by atoms with Crippen LogP contribution >= 0.6 is 11.6 Å². The van der Waals surface area contributed by atoms with Gasteiger partial charge in [0.1, 0.15) is 0 Å². The smallest absolute Gasteiger partial charge is 0.341 e. The summed E-state index contributed by atoms with van der Waals surface area (Å²) in [6, 6.07) is 7.23. The fourth-order valence-electron chi connectivity index (χ4n) is 2.54. The number of benzene rings is 1. The third-order valence-electron chi connectivity index (χ3n) is 3.58. The number of fused-ring (bicyclic) bond motifs is 1. The van der Waals surface area contributed by atoms with E-state index in [4.69, 9.17) is 21.4 Å². The number of aromatic nitrogens is 2. The van der Waals surface area contributed by atoms with Crippen molar-refractivity contribution in [3.63, 3.8) is 0 Å². The van der Waals surface area contributed by atoms with Crippen molar-refractivity contribution in [3.05, 3.63) is 40.5 Å². The Kier molecular flexibility index (Phi) is 4.24. The van der Waals surface area contributed by atoms with Gasteiger partial charge in [-0.3, -0.25) is 0 Å². The van der Waals surface area contributed by atoms with Crippen molar-refractivity contribution in [2.24, 2.45) is 0 Å². The van der Waals surface area contributed by atoms with Crippen LogP contribution < -0.4 is 4.74 Å². The molecular weight excluding hydrogens is 304 g/mol. The summed E-state index contributed by atoms with van der Waals surface area (Å²) in [6.07, 6.45) is 3.80. The molecule has 1 heterocycles. The van der Waals surface area contributed by atoms with Crippen LogP contribution in [-0.4, -0.2) is 27.7 Å². The summed E-state index contributed by atoms with van der Waals surface area (Å²) in [4.78, 5) is 19.8. The number of hydrogen-bond donors (Lipinski definition) is 1. The first-order valence-corrected chi connectivity index (χ1v) is 7.51. The Bertz CT molecular complexity index is 701. The second-order valence-corrected chi connectivity index (χ2v) is 5.61. The second-order valence-electron chi connectivity index (χ2n) is 5.17. The van der Waals surface area contributed by atoms with E-state index < -0.39 is 12.6 Å². The molecule has 0 aliphatic heterocycles. The summed E-state index contributed by atoms with van der Waals surface area (Å²) in [7, 11) is 0. The summed E-state index contributed by atoms with van der Waals surface area (Å²) in [5, 5.41) is 9.46. The fourth-order valence-corrected chi connectivity index (χ4v) is 2.66. The summed E-state index contributed by atoms with van der Waals surface area (Å²) < 4.78 is 5.38. The standard InChI is InChI=1S/C16H15ClN2O3/c17-11-7-5-10(6-8-11)15-18-13-4-2-1-3-12(13)16(19-15)22-9-14(20)21/h5-8H,1-4,9H2,(H,20,21). The number of aliphatic carboxylic acids is 1. The molecule has 1 N–H and O–H groups in total. The number of rotatable bonds is 4. The normalized spacial score (nSPS) is 13.5. The van der Waals surface area contributed by atoms with Crippen LogP contribution in [0.1, 0.15) is 24.1 Å². The highest BCUT2D eigenvalue weighted by Gasteiger charge is 2.20. The van der Waals surface area contributed by atoms with E-state index in [9.17, 15) is 4.79 Å². The van der Waals surface area contributed by atoms with Crippen molar-refractivity contribution in [2.45, 2.75) is 25.7 Å². The van der Waals surface area contributed by atoms with Crippen LogP contribution in [-0.2, 0) is 17.6 Å². The van der Waals surface area contributed by atoms with Gasteiger partial charge in [-0.05, 0) is 49.9 Å². The van der Waals surface area contributed by atoms with Gasteiger partial charge in [0.15, 0.2) is 12.4 Å². The molecule has 0 saturated heterocycles. The van der Waals surface area contributed by atoms with E-state index in [1.807, 2.05) is 12.1 Å². The van der Waals surface area contributed by atoms with Crippen LogP contribution in [0.15, 0.2) is 24.3 Å². The van der Waals surface area contributed by atoms with E-state index in [-0.39, 0.29) is 0 Å². The number of carboxylic acids is 1. The predicted octanol–water partition coefficient (Wildman–Crippen LogP) is 3.14. The SMILES string of the molecule is O=C(O)COc1nc(-c2ccc(Cl)cc2)nc2c1CCCC2. The third kappa shape index (κ3) is 3.20. The van der Waals surface area contributed by atoms with E-state index >= 15 is 0 Å². The lowest BCUT2D eigenvalue weighted by molar-refractivity contribution is -0.139. The highest BCUT2D eigenvalue weighted by molar-refractivity contribution is 6.30. The van der Waals surface area contributed by atoms with Crippen LogP contribution in [0.4, 0.5) is 0 Å². The van der Waals surface area contributed by atoms with E-state index in [1.54, 1.807) is 12.1 Å². The summed E-state index contributed by atoms with van der Waals surface area (Å²) >= 11 is 5.90. The molecule has 1 aromatic carbocycles. The molecule has 0 unspecified atom stereocenters.